The van der Waals surface area contributed by atoms with Gasteiger partial charge in [0.15, 0.2) is 0 Å². The molecule has 1 heterocycles. The third kappa shape index (κ3) is 2.80. The predicted octanol–water partition coefficient (Wildman–Crippen LogP) is 1.30. The molecule has 0 aliphatic carbocycles. The predicted molar refractivity (Wildman–Crippen MR) is 66.3 cm³/mol. The van der Waals surface area contributed by atoms with Gasteiger partial charge in [-0.3, -0.25) is 4.79 Å². The van der Waals surface area contributed by atoms with Crippen molar-refractivity contribution in [1.29, 1.82) is 0 Å². The number of benzene rings is 1. The zero-order chi connectivity index (χ0) is 12.3. The van der Waals surface area contributed by atoms with Crippen molar-refractivity contribution in [2.75, 3.05) is 19.8 Å². The quantitative estimate of drug-likeness (QED) is 0.827. The Balaban J connectivity index is 2.21. The first kappa shape index (κ1) is 12.4. The van der Waals surface area contributed by atoms with Crippen LogP contribution in [0.1, 0.15) is 11.5 Å². The smallest absolute Gasteiger partial charge is 0.312 e. The van der Waals surface area contributed by atoms with E-state index in [0.29, 0.717) is 5.25 Å². The van der Waals surface area contributed by atoms with Gasteiger partial charge in [0.05, 0.1) is 24.4 Å². The van der Waals surface area contributed by atoms with Gasteiger partial charge in [-0.05, 0) is 11.6 Å². The number of ether oxygens (including phenoxy) is 1. The standard InChI is InChI=1S/C12H15NO3S/c13-5-10(12(14)15)9-3-1-2-4-11(9)17-8-6-16-7-8/h1-4,8,10H,5-7,13H2,(H,14,15). The fourth-order valence-electron chi connectivity index (χ4n) is 1.70. The summed E-state index contributed by atoms with van der Waals surface area (Å²) in [5, 5.41) is 9.58. The number of hydrogen-bond donors (Lipinski definition) is 2. The number of carboxylic acids is 1. The van der Waals surface area contributed by atoms with Crippen LogP contribution in [-0.2, 0) is 9.53 Å². The minimum absolute atomic E-state index is 0.119. The molecule has 1 atom stereocenters. The second-order valence-corrected chi connectivity index (χ2v) is 5.28. The van der Waals surface area contributed by atoms with E-state index in [9.17, 15) is 4.79 Å². The molecule has 1 aromatic carbocycles. The van der Waals surface area contributed by atoms with Crippen LogP contribution in [0.5, 0.6) is 0 Å². The average Bonchev–Trinajstić information content (AvgIpc) is 2.26. The molecule has 1 fully saturated rings. The van der Waals surface area contributed by atoms with Gasteiger partial charge in [0.1, 0.15) is 0 Å². The Morgan fingerprint density at radius 1 is 1.53 bits per heavy atom. The van der Waals surface area contributed by atoms with Gasteiger partial charge in [-0.25, -0.2) is 0 Å². The van der Waals surface area contributed by atoms with E-state index in [1.165, 1.54) is 0 Å². The molecule has 0 radical (unpaired) electrons. The lowest BCUT2D eigenvalue weighted by molar-refractivity contribution is -0.138. The Labute approximate surface area is 104 Å². The molecule has 0 saturated carbocycles. The van der Waals surface area contributed by atoms with Crippen LogP contribution in [0.2, 0.25) is 0 Å². The van der Waals surface area contributed by atoms with Crippen molar-refractivity contribution >= 4 is 17.7 Å². The van der Waals surface area contributed by atoms with Crippen LogP contribution < -0.4 is 5.73 Å². The number of hydrogen-bond acceptors (Lipinski definition) is 4. The molecule has 0 aromatic heterocycles. The van der Waals surface area contributed by atoms with Crippen LogP contribution in [0.4, 0.5) is 0 Å². The third-order valence-corrected chi connectivity index (χ3v) is 3.96. The Hall–Kier alpha value is -1.04. The zero-order valence-corrected chi connectivity index (χ0v) is 10.2. The van der Waals surface area contributed by atoms with Crippen LogP contribution in [0.15, 0.2) is 29.2 Å². The van der Waals surface area contributed by atoms with E-state index >= 15 is 0 Å². The number of nitrogens with two attached hydrogens (primary N) is 1. The highest BCUT2D eigenvalue weighted by Gasteiger charge is 2.25. The highest BCUT2D eigenvalue weighted by Crippen LogP contribution is 2.33. The molecule has 0 bridgehead atoms. The third-order valence-electron chi connectivity index (χ3n) is 2.73. The fourth-order valence-corrected chi connectivity index (χ4v) is 2.89. The van der Waals surface area contributed by atoms with Crippen molar-refractivity contribution in [3.8, 4) is 0 Å². The number of thioether (sulfide) groups is 1. The first-order valence-electron chi connectivity index (χ1n) is 5.48. The molecule has 5 heteroatoms. The molecule has 1 aromatic rings. The van der Waals surface area contributed by atoms with Crippen molar-refractivity contribution in [3.05, 3.63) is 29.8 Å². The van der Waals surface area contributed by atoms with E-state index in [1.54, 1.807) is 11.8 Å². The number of rotatable bonds is 5. The van der Waals surface area contributed by atoms with Crippen molar-refractivity contribution in [1.82, 2.24) is 0 Å². The lowest BCUT2D eigenvalue weighted by Gasteiger charge is -2.26. The van der Waals surface area contributed by atoms with E-state index in [2.05, 4.69) is 0 Å². The summed E-state index contributed by atoms with van der Waals surface area (Å²) in [5.41, 5.74) is 6.34. The van der Waals surface area contributed by atoms with Gasteiger partial charge in [0.25, 0.3) is 0 Å². The molecular formula is C12H15NO3S. The van der Waals surface area contributed by atoms with E-state index in [4.69, 9.17) is 15.6 Å². The van der Waals surface area contributed by atoms with Gasteiger partial charge < -0.3 is 15.6 Å². The Morgan fingerprint density at radius 3 is 2.76 bits per heavy atom. The van der Waals surface area contributed by atoms with E-state index in [-0.39, 0.29) is 6.54 Å². The summed E-state index contributed by atoms with van der Waals surface area (Å²) in [4.78, 5) is 12.1. The maximum absolute atomic E-state index is 11.1. The molecule has 92 valence electrons. The Bertz CT molecular complexity index is 406. The summed E-state index contributed by atoms with van der Waals surface area (Å²) < 4.78 is 5.12. The fraction of sp³-hybridized carbons (Fsp3) is 0.417. The first-order chi connectivity index (χ1) is 8.22. The molecule has 4 nitrogen and oxygen atoms in total. The van der Waals surface area contributed by atoms with Crippen molar-refractivity contribution in [3.63, 3.8) is 0 Å². The monoisotopic (exact) mass is 253 g/mol. The first-order valence-corrected chi connectivity index (χ1v) is 6.36. The van der Waals surface area contributed by atoms with Crippen LogP contribution >= 0.6 is 11.8 Å². The van der Waals surface area contributed by atoms with Gasteiger partial charge in [-0.2, -0.15) is 0 Å². The number of carboxylic acid groups (broad SMARTS) is 1. The number of aliphatic carboxylic acids is 1. The largest absolute Gasteiger partial charge is 0.481 e. The number of carbonyl (C=O) groups is 1. The maximum Gasteiger partial charge on any atom is 0.312 e. The van der Waals surface area contributed by atoms with Gasteiger partial charge in [0, 0.05) is 11.4 Å². The normalized spacial score (nSPS) is 17.5. The molecule has 1 unspecified atom stereocenters. The lowest BCUT2D eigenvalue weighted by atomic mass is 10.00. The minimum atomic E-state index is -0.870. The SMILES string of the molecule is NCC(C(=O)O)c1ccccc1SC1COC1. The Kier molecular flexibility index (Phi) is 4.04. The van der Waals surface area contributed by atoms with Crippen LogP contribution in [0, 0.1) is 0 Å². The Morgan fingerprint density at radius 2 is 2.24 bits per heavy atom. The molecule has 0 amide bonds. The highest BCUT2D eigenvalue weighted by molar-refractivity contribution is 8.00. The van der Waals surface area contributed by atoms with Crippen molar-refractivity contribution < 1.29 is 14.6 Å². The summed E-state index contributed by atoms with van der Waals surface area (Å²) in [6.07, 6.45) is 0. The summed E-state index contributed by atoms with van der Waals surface area (Å²) in [6, 6.07) is 7.56. The van der Waals surface area contributed by atoms with Crippen LogP contribution in [0.25, 0.3) is 0 Å². The second-order valence-electron chi connectivity index (χ2n) is 3.94. The van der Waals surface area contributed by atoms with Crippen LogP contribution in [-0.4, -0.2) is 36.1 Å². The summed E-state index contributed by atoms with van der Waals surface area (Å²) >= 11 is 1.67. The zero-order valence-electron chi connectivity index (χ0n) is 9.33. The van der Waals surface area contributed by atoms with Crippen LogP contribution in [0.3, 0.4) is 0 Å². The molecule has 17 heavy (non-hydrogen) atoms. The van der Waals surface area contributed by atoms with E-state index < -0.39 is 11.9 Å². The molecular weight excluding hydrogens is 238 g/mol. The summed E-state index contributed by atoms with van der Waals surface area (Å²) in [6.45, 7) is 1.59. The molecule has 1 aliphatic heterocycles. The molecule has 1 saturated heterocycles. The molecule has 2 rings (SSSR count). The minimum Gasteiger partial charge on any atom is -0.481 e. The molecule has 1 aliphatic rings. The van der Waals surface area contributed by atoms with Gasteiger partial charge >= 0.3 is 5.97 Å². The molecule has 3 N–H and O–H groups in total. The van der Waals surface area contributed by atoms with Gasteiger partial charge in [-0.15, -0.1) is 11.8 Å². The summed E-state index contributed by atoms with van der Waals surface area (Å²) in [5.74, 6) is -1.50. The molecule has 0 spiro atoms. The van der Waals surface area contributed by atoms with Gasteiger partial charge in [-0.1, -0.05) is 18.2 Å². The summed E-state index contributed by atoms with van der Waals surface area (Å²) in [7, 11) is 0. The maximum atomic E-state index is 11.1. The van der Waals surface area contributed by atoms with E-state index in [1.807, 2.05) is 24.3 Å². The van der Waals surface area contributed by atoms with E-state index in [0.717, 1.165) is 23.7 Å². The van der Waals surface area contributed by atoms with Crippen molar-refractivity contribution in [2.45, 2.75) is 16.1 Å². The second kappa shape index (κ2) is 5.53. The lowest BCUT2D eigenvalue weighted by Crippen LogP contribution is -2.30. The highest BCUT2D eigenvalue weighted by atomic mass is 32.2. The van der Waals surface area contributed by atoms with Crippen molar-refractivity contribution in [2.24, 2.45) is 5.73 Å². The van der Waals surface area contributed by atoms with Gasteiger partial charge in [0.2, 0.25) is 0 Å². The average molecular weight is 253 g/mol. The topological polar surface area (TPSA) is 72.6 Å².